The van der Waals surface area contributed by atoms with Gasteiger partial charge in [0.1, 0.15) is 11.4 Å². The molecule has 3 amide bonds. The monoisotopic (exact) mass is 518 g/mol. The first-order valence-corrected chi connectivity index (χ1v) is 13.2. The summed E-state index contributed by atoms with van der Waals surface area (Å²) in [6.45, 7) is 10.2. The predicted octanol–water partition coefficient (Wildman–Crippen LogP) is 3.86. The fraction of sp³-hybridized carbons (Fsp3) is 0.519. The van der Waals surface area contributed by atoms with Gasteiger partial charge in [0.05, 0.1) is 16.9 Å². The highest BCUT2D eigenvalue weighted by Crippen LogP contribution is 2.47. The molecule has 0 aromatic carbocycles. The van der Waals surface area contributed by atoms with Crippen molar-refractivity contribution < 1.29 is 14.3 Å². The molecule has 6 rings (SSSR count). The molecular weight excluding hydrogens is 484 g/mol. The van der Waals surface area contributed by atoms with Crippen LogP contribution in [0.5, 0.6) is 0 Å². The quantitative estimate of drug-likeness (QED) is 0.549. The van der Waals surface area contributed by atoms with Gasteiger partial charge in [-0.1, -0.05) is 0 Å². The summed E-state index contributed by atoms with van der Waals surface area (Å²) in [6.07, 6.45) is 6.09. The van der Waals surface area contributed by atoms with Gasteiger partial charge in [-0.15, -0.1) is 0 Å². The van der Waals surface area contributed by atoms with Gasteiger partial charge in [0, 0.05) is 62.3 Å². The lowest BCUT2D eigenvalue weighted by Crippen LogP contribution is -2.58. The van der Waals surface area contributed by atoms with Crippen molar-refractivity contribution in [2.45, 2.75) is 58.1 Å². The van der Waals surface area contributed by atoms with Crippen LogP contribution < -0.4 is 15.1 Å². The molecule has 0 radical (unpaired) electrons. The van der Waals surface area contributed by atoms with E-state index in [9.17, 15) is 9.59 Å². The van der Waals surface area contributed by atoms with E-state index in [2.05, 4.69) is 25.3 Å². The van der Waals surface area contributed by atoms with Crippen LogP contribution in [0.3, 0.4) is 0 Å². The maximum Gasteiger partial charge on any atom is 0.410 e. The van der Waals surface area contributed by atoms with Crippen LogP contribution in [0.2, 0.25) is 0 Å². The number of aryl methyl sites for hydroxylation is 2. The van der Waals surface area contributed by atoms with Crippen LogP contribution in [-0.2, 0) is 18.2 Å². The fourth-order valence-electron chi connectivity index (χ4n) is 5.60. The topological polar surface area (TPSA) is 109 Å². The Bertz CT molecular complexity index is 1440. The lowest BCUT2D eigenvalue weighted by Gasteiger charge is -2.43. The first kappa shape index (κ1) is 24.4. The normalized spacial score (nSPS) is 18.2. The summed E-state index contributed by atoms with van der Waals surface area (Å²) in [5, 5.41) is 8.24. The number of carbonyl (C=O) groups excluding carboxylic acids is 2. The van der Waals surface area contributed by atoms with Gasteiger partial charge in [-0.05, 0) is 59.1 Å². The summed E-state index contributed by atoms with van der Waals surface area (Å²) in [6, 6.07) is 3.71. The third kappa shape index (κ3) is 4.29. The molecule has 11 heteroatoms. The van der Waals surface area contributed by atoms with Gasteiger partial charge in [0.15, 0.2) is 5.65 Å². The molecule has 1 saturated heterocycles. The Morgan fingerprint density at radius 3 is 2.68 bits per heavy atom. The van der Waals surface area contributed by atoms with Crippen LogP contribution in [0.15, 0.2) is 24.5 Å². The molecular formula is C27H34N8O3. The number of amides is 3. The Morgan fingerprint density at radius 1 is 1.16 bits per heavy atom. The SMILES string of the molecule is Cc1nc2nn(C)cc2cc1NC(=O)N1CCc2c(N3CCN(C(=O)OC(C)(C)C)C4(CC4)C3)ccnc21. The molecule has 0 unspecified atom stereocenters. The van der Waals surface area contributed by atoms with E-state index in [1.54, 1.807) is 15.8 Å². The lowest BCUT2D eigenvalue weighted by atomic mass is 10.1. The van der Waals surface area contributed by atoms with Crippen molar-refractivity contribution in [3.63, 3.8) is 0 Å². The second-order valence-corrected chi connectivity index (χ2v) is 11.6. The summed E-state index contributed by atoms with van der Waals surface area (Å²) in [7, 11) is 1.85. The third-order valence-corrected chi connectivity index (χ3v) is 7.57. The molecule has 3 aromatic rings. The maximum atomic E-state index is 13.4. The minimum Gasteiger partial charge on any atom is -0.444 e. The van der Waals surface area contributed by atoms with Gasteiger partial charge in [0.2, 0.25) is 0 Å². The zero-order chi connectivity index (χ0) is 26.8. The van der Waals surface area contributed by atoms with E-state index in [0.29, 0.717) is 42.5 Å². The number of fused-ring (bicyclic) bond motifs is 2. The second kappa shape index (κ2) is 8.57. The summed E-state index contributed by atoms with van der Waals surface area (Å²) >= 11 is 0. The third-order valence-electron chi connectivity index (χ3n) is 7.57. The second-order valence-electron chi connectivity index (χ2n) is 11.6. The van der Waals surface area contributed by atoms with Crippen LogP contribution in [0.25, 0.3) is 11.0 Å². The molecule has 0 atom stereocenters. The highest BCUT2D eigenvalue weighted by atomic mass is 16.6. The molecule has 3 aliphatic rings. The standard InChI is InChI=1S/C27H34N8O3/c1-17-20(14-18-15-32(5)31-22(18)29-17)30-24(36)34-11-7-19-21(6-10-28-23(19)34)33-12-13-35(27(16-33)8-9-27)25(37)38-26(2,3)4/h6,10,14-15H,7-9,11-13,16H2,1-5H3,(H,30,36). The zero-order valence-electron chi connectivity index (χ0n) is 22.6. The number of hydrogen-bond acceptors (Lipinski definition) is 7. The number of nitrogens with zero attached hydrogens (tertiary/aromatic N) is 7. The van der Waals surface area contributed by atoms with E-state index in [-0.39, 0.29) is 17.7 Å². The minimum absolute atomic E-state index is 0.179. The number of hydrogen-bond donors (Lipinski definition) is 1. The molecule has 2 fully saturated rings. The van der Waals surface area contributed by atoms with Crippen molar-refractivity contribution in [2.75, 3.05) is 41.3 Å². The maximum absolute atomic E-state index is 13.4. The molecule has 11 nitrogen and oxygen atoms in total. The summed E-state index contributed by atoms with van der Waals surface area (Å²) in [5.74, 6) is 0.687. The van der Waals surface area contributed by atoms with Crippen LogP contribution in [0, 0.1) is 6.92 Å². The van der Waals surface area contributed by atoms with Crippen molar-refractivity contribution >= 4 is 40.4 Å². The summed E-state index contributed by atoms with van der Waals surface area (Å²) in [5.41, 5.74) is 3.50. The minimum atomic E-state index is -0.515. The molecule has 2 aliphatic heterocycles. The van der Waals surface area contributed by atoms with E-state index < -0.39 is 5.60 Å². The molecule has 5 heterocycles. The van der Waals surface area contributed by atoms with Crippen molar-refractivity contribution in [3.05, 3.63) is 35.8 Å². The van der Waals surface area contributed by atoms with Crippen molar-refractivity contribution in [1.29, 1.82) is 0 Å². The fourth-order valence-corrected chi connectivity index (χ4v) is 5.60. The largest absolute Gasteiger partial charge is 0.444 e. The Morgan fingerprint density at radius 2 is 1.95 bits per heavy atom. The molecule has 1 saturated carbocycles. The van der Waals surface area contributed by atoms with Gasteiger partial charge < -0.3 is 15.0 Å². The first-order chi connectivity index (χ1) is 18.0. The molecule has 1 spiro atoms. The first-order valence-electron chi connectivity index (χ1n) is 13.2. The predicted molar refractivity (Wildman–Crippen MR) is 145 cm³/mol. The molecule has 1 N–H and O–H groups in total. The Hall–Kier alpha value is -3.89. The number of nitrogens with one attached hydrogen (secondary N) is 1. The van der Waals surface area contributed by atoms with Gasteiger partial charge in [0.25, 0.3) is 0 Å². The Balaban J connectivity index is 1.20. The summed E-state index contributed by atoms with van der Waals surface area (Å²) in [4.78, 5) is 41.3. The Labute approximate surface area is 221 Å². The average molecular weight is 519 g/mol. The van der Waals surface area contributed by atoms with Gasteiger partial charge >= 0.3 is 12.1 Å². The molecule has 200 valence electrons. The number of urea groups is 1. The number of ether oxygens (including phenoxy) is 1. The summed E-state index contributed by atoms with van der Waals surface area (Å²) < 4.78 is 7.40. The number of anilines is 3. The number of carbonyl (C=O) groups is 2. The number of rotatable bonds is 2. The van der Waals surface area contributed by atoms with Gasteiger partial charge in [-0.3, -0.25) is 14.5 Å². The highest BCUT2D eigenvalue weighted by Gasteiger charge is 2.54. The molecule has 1 aliphatic carbocycles. The number of pyridine rings is 2. The van der Waals surface area contributed by atoms with Crippen LogP contribution >= 0.6 is 0 Å². The van der Waals surface area contributed by atoms with E-state index in [1.165, 1.54) is 0 Å². The molecule has 38 heavy (non-hydrogen) atoms. The van der Waals surface area contributed by atoms with Crippen LogP contribution in [-0.4, -0.2) is 74.1 Å². The van der Waals surface area contributed by atoms with Crippen LogP contribution in [0.1, 0.15) is 44.9 Å². The number of aromatic nitrogens is 4. The molecule has 3 aromatic heterocycles. The molecule has 0 bridgehead atoms. The van der Waals surface area contributed by atoms with Crippen molar-refractivity contribution in [3.8, 4) is 0 Å². The van der Waals surface area contributed by atoms with E-state index in [4.69, 9.17) is 4.74 Å². The van der Waals surface area contributed by atoms with Gasteiger partial charge in [-0.25, -0.2) is 19.6 Å². The van der Waals surface area contributed by atoms with Gasteiger partial charge in [-0.2, -0.15) is 5.10 Å². The number of piperazine rings is 1. The average Bonchev–Trinajstić information content (AvgIpc) is 3.29. The zero-order valence-corrected chi connectivity index (χ0v) is 22.6. The Kier molecular flexibility index (Phi) is 5.51. The van der Waals surface area contributed by atoms with E-state index >= 15 is 0 Å². The lowest BCUT2D eigenvalue weighted by molar-refractivity contribution is 0.0106. The van der Waals surface area contributed by atoms with E-state index in [1.807, 2.05) is 58.0 Å². The highest BCUT2D eigenvalue weighted by molar-refractivity contribution is 6.04. The van der Waals surface area contributed by atoms with E-state index in [0.717, 1.165) is 42.4 Å². The smallest absolute Gasteiger partial charge is 0.410 e. The van der Waals surface area contributed by atoms with Crippen molar-refractivity contribution in [1.82, 2.24) is 24.6 Å². The van der Waals surface area contributed by atoms with Crippen molar-refractivity contribution in [2.24, 2.45) is 7.05 Å². The van der Waals surface area contributed by atoms with Crippen LogP contribution in [0.4, 0.5) is 26.8 Å².